The second-order valence-electron chi connectivity index (χ2n) is 8.94. The molecule has 0 aliphatic heterocycles. The fraction of sp³-hybridized carbons (Fsp3) is 0.458. The van der Waals surface area contributed by atoms with Crippen LogP contribution in [-0.2, 0) is 35.2 Å². The van der Waals surface area contributed by atoms with E-state index in [1.807, 2.05) is 0 Å². The molecule has 0 aliphatic carbocycles. The summed E-state index contributed by atoms with van der Waals surface area (Å²) in [4.78, 5) is 76.9. The highest BCUT2D eigenvalue weighted by atomic mass is 16.4. The third-order valence-electron chi connectivity index (χ3n) is 5.55. The predicted molar refractivity (Wildman–Crippen MR) is 144 cm³/mol. The first-order chi connectivity index (χ1) is 18.8. The summed E-state index contributed by atoms with van der Waals surface area (Å²) in [7, 11) is 0. The molecule has 4 unspecified atom stereocenters. The average molecular weight is 564 g/mol. The number of aliphatic imine (C=N–C) groups is 1. The molecule has 4 atom stereocenters. The van der Waals surface area contributed by atoms with E-state index < -0.39 is 66.1 Å². The van der Waals surface area contributed by atoms with Crippen molar-refractivity contribution in [3.05, 3.63) is 35.9 Å². The summed E-state index contributed by atoms with van der Waals surface area (Å²) in [5, 5.41) is 16.5. The summed E-state index contributed by atoms with van der Waals surface area (Å²) < 4.78 is 0. The molecule has 220 valence electrons. The summed E-state index contributed by atoms with van der Waals surface area (Å²) in [5.41, 5.74) is 27.3. The summed E-state index contributed by atoms with van der Waals surface area (Å²) in [5.74, 6) is -5.76. The van der Waals surface area contributed by atoms with Gasteiger partial charge in [0.05, 0.1) is 12.5 Å². The van der Waals surface area contributed by atoms with Crippen LogP contribution in [0.5, 0.6) is 0 Å². The molecule has 0 aliphatic rings. The lowest BCUT2D eigenvalue weighted by molar-refractivity contribution is -0.142. The average Bonchev–Trinajstić information content (AvgIpc) is 2.87. The van der Waals surface area contributed by atoms with Crippen LogP contribution in [0.2, 0.25) is 0 Å². The van der Waals surface area contributed by atoms with E-state index in [9.17, 15) is 33.9 Å². The van der Waals surface area contributed by atoms with E-state index >= 15 is 0 Å². The second-order valence-corrected chi connectivity index (χ2v) is 8.94. The van der Waals surface area contributed by atoms with Gasteiger partial charge in [-0.2, -0.15) is 0 Å². The maximum Gasteiger partial charge on any atom is 0.326 e. The molecular weight excluding hydrogens is 526 g/mol. The Hall–Kier alpha value is -4.73. The first-order valence-corrected chi connectivity index (χ1v) is 12.4. The van der Waals surface area contributed by atoms with E-state index in [1.165, 1.54) is 0 Å². The number of guanidine groups is 1. The van der Waals surface area contributed by atoms with Crippen LogP contribution in [-0.4, -0.2) is 77.3 Å². The van der Waals surface area contributed by atoms with Crippen LogP contribution in [0.25, 0.3) is 0 Å². The molecule has 0 aromatic heterocycles. The Balaban J connectivity index is 3.06. The smallest absolute Gasteiger partial charge is 0.326 e. The normalized spacial score (nSPS) is 13.5. The van der Waals surface area contributed by atoms with Crippen LogP contribution < -0.4 is 44.6 Å². The number of nitrogens with zero attached hydrogens (tertiary/aromatic N) is 1. The third kappa shape index (κ3) is 13.2. The first-order valence-electron chi connectivity index (χ1n) is 12.4. The minimum atomic E-state index is -1.48. The summed E-state index contributed by atoms with van der Waals surface area (Å²) >= 11 is 0. The summed E-state index contributed by atoms with van der Waals surface area (Å²) in [6.07, 6.45) is -0.723. The van der Waals surface area contributed by atoms with Crippen molar-refractivity contribution < 1.29 is 33.9 Å². The lowest BCUT2D eigenvalue weighted by Crippen LogP contribution is -2.58. The number of amides is 5. The molecule has 40 heavy (non-hydrogen) atoms. The van der Waals surface area contributed by atoms with Gasteiger partial charge in [0, 0.05) is 19.4 Å². The van der Waals surface area contributed by atoms with Gasteiger partial charge in [-0.15, -0.1) is 0 Å². The number of carboxylic acids is 1. The molecule has 1 aromatic rings. The molecule has 5 amide bonds. The maximum atomic E-state index is 13.1. The quantitative estimate of drug-likeness (QED) is 0.0478. The second kappa shape index (κ2) is 17.0. The Morgan fingerprint density at radius 2 is 1.35 bits per heavy atom. The number of rotatable bonds is 18. The van der Waals surface area contributed by atoms with Crippen LogP contribution in [0.15, 0.2) is 35.3 Å². The highest BCUT2D eigenvalue weighted by Gasteiger charge is 2.31. The van der Waals surface area contributed by atoms with Crippen LogP contribution >= 0.6 is 0 Å². The predicted octanol–water partition coefficient (Wildman–Crippen LogP) is -3.71. The number of nitrogens with two attached hydrogens (primary N) is 5. The van der Waals surface area contributed by atoms with Crippen LogP contribution in [0, 0.1) is 0 Å². The zero-order chi connectivity index (χ0) is 30.2. The summed E-state index contributed by atoms with van der Waals surface area (Å²) in [6.45, 7) is 0.224. The zero-order valence-electron chi connectivity index (χ0n) is 21.9. The standard InChI is InChI=1S/C24H37N9O7/c25-14(7-4-10-30-24(28)29)20(36)32-17(12-19(27)35)22(38)33-16(11-13-5-2-1-3-6-13)21(37)31-15(23(39)40)8-9-18(26)34/h1-3,5-6,14-17H,4,7-12,25H2,(H2,26,34)(H2,27,35)(H,31,37)(H,32,36)(H,33,38)(H,39,40)(H4,28,29,30). The van der Waals surface area contributed by atoms with Crippen molar-refractivity contribution in [2.75, 3.05) is 6.54 Å². The number of primary amides is 2. The largest absolute Gasteiger partial charge is 0.480 e. The van der Waals surface area contributed by atoms with Crippen molar-refractivity contribution in [1.29, 1.82) is 0 Å². The van der Waals surface area contributed by atoms with Crippen LogP contribution in [0.4, 0.5) is 0 Å². The van der Waals surface area contributed by atoms with Gasteiger partial charge >= 0.3 is 5.97 Å². The highest BCUT2D eigenvalue weighted by molar-refractivity contribution is 5.96. The van der Waals surface area contributed by atoms with E-state index in [0.717, 1.165) is 0 Å². The number of carbonyl (C=O) groups excluding carboxylic acids is 5. The number of aliphatic carboxylic acids is 1. The van der Waals surface area contributed by atoms with Gasteiger partial charge in [-0.1, -0.05) is 30.3 Å². The van der Waals surface area contributed by atoms with E-state index in [0.29, 0.717) is 12.0 Å². The number of benzene rings is 1. The number of carbonyl (C=O) groups is 6. The van der Waals surface area contributed by atoms with Crippen molar-refractivity contribution in [3.8, 4) is 0 Å². The maximum absolute atomic E-state index is 13.1. The number of carboxylic acid groups (broad SMARTS) is 1. The molecule has 0 radical (unpaired) electrons. The van der Waals surface area contributed by atoms with Gasteiger partial charge in [0.15, 0.2) is 5.96 Å². The molecule has 0 spiro atoms. The topological polar surface area (TPSA) is 301 Å². The van der Waals surface area contributed by atoms with E-state index in [1.54, 1.807) is 30.3 Å². The zero-order valence-corrected chi connectivity index (χ0v) is 21.9. The third-order valence-corrected chi connectivity index (χ3v) is 5.55. The lowest BCUT2D eigenvalue weighted by Gasteiger charge is -2.25. The highest BCUT2D eigenvalue weighted by Crippen LogP contribution is 2.07. The fourth-order valence-electron chi connectivity index (χ4n) is 3.49. The van der Waals surface area contributed by atoms with Gasteiger partial charge in [0.25, 0.3) is 0 Å². The molecule has 0 fully saturated rings. The molecule has 0 saturated heterocycles. The van der Waals surface area contributed by atoms with Gasteiger partial charge in [0.1, 0.15) is 18.1 Å². The molecule has 14 N–H and O–H groups in total. The molecular formula is C24H37N9O7. The molecule has 0 saturated carbocycles. The number of nitrogens with one attached hydrogen (secondary N) is 3. The van der Waals surface area contributed by atoms with Crippen molar-refractivity contribution in [2.24, 2.45) is 33.7 Å². The van der Waals surface area contributed by atoms with Crippen molar-refractivity contribution in [1.82, 2.24) is 16.0 Å². The first kappa shape index (κ1) is 33.3. The van der Waals surface area contributed by atoms with Gasteiger partial charge < -0.3 is 49.7 Å². The molecule has 1 aromatic carbocycles. The van der Waals surface area contributed by atoms with Crippen molar-refractivity contribution >= 4 is 41.5 Å². The Morgan fingerprint density at radius 3 is 1.90 bits per heavy atom. The molecule has 16 heteroatoms. The van der Waals surface area contributed by atoms with Crippen molar-refractivity contribution in [2.45, 2.75) is 62.7 Å². The minimum Gasteiger partial charge on any atom is -0.480 e. The minimum absolute atomic E-state index is 0.0673. The van der Waals surface area contributed by atoms with Gasteiger partial charge in [-0.3, -0.25) is 29.0 Å². The molecule has 1 rings (SSSR count). The Bertz CT molecular complexity index is 1080. The van der Waals surface area contributed by atoms with E-state index in [4.69, 9.17) is 28.7 Å². The SMILES string of the molecule is NC(=O)CCC(NC(=O)C(Cc1ccccc1)NC(=O)C(CC(N)=O)NC(=O)C(N)CCCN=C(N)N)C(=O)O. The Morgan fingerprint density at radius 1 is 0.775 bits per heavy atom. The lowest BCUT2D eigenvalue weighted by atomic mass is 10.0. The number of hydrogen-bond donors (Lipinski definition) is 9. The van der Waals surface area contributed by atoms with Crippen molar-refractivity contribution in [3.63, 3.8) is 0 Å². The van der Waals surface area contributed by atoms with Crippen LogP contribution in [0.3, 0.4) is 0 Å². The molecule has 16 nitrogen and oxygen atoms in total. The molecule has 0 bridgehead atoms. The van der Waals surface area contributed by atoms with Crippen LogP contribution in [0.1, 0.15) is 37.7 Å². The fourth-order valence-corrected chi connectivity index (χ4v) is 3.49. The summed E-state index contributed by atoms with van der Waals surface area (Å²) in [6, 6.07) is 3.15. The van der Waals surface area contributed by atoms with Gasteiger partial charge in [-0.25, -0.2) is 4.79 Å². The Labute approximate surface area is 230 Å². The van der Waals surface area contributed by atoms with Gasteiger partial charge in [-0.05, 0) is 24.8 Å². The molecule has 0 heterocycles. The Kier molecular flexibility index (Phi) is 14.1. The van der Waals surface area contributed by atoms with E-state index in [-0.39, 0.29) is 38.2 Å². The van der Waals surface area contributed by atoms with Gasteiger partial charge in [0.2, 0.25) is 29.5 Å². The van der Waals surface area contributed by atoms with E-state index in [2.05, 4.69) is 20.9 Å². The number of hydrogen-bond acceptors (Lipinski definition) is 8. The monoisotopic (exact) mass is 563 g/mol.